The number of hydrogen-bond donors (Lipinski definition) is 1. The van der Waals surface area contributed by atoms with Crippen molar-refractivity contribution >= 4 is 17.3 Å². The van der Waals surface area contributed by atoms with Crippen LogP contribution in [0.4, 0.5) is 5.95 Å². The van der Waals surface area contributed by atoms with Gasteiger partial charge >= 0.3 is 0 Å². The van der Waals surface area contributed by atoms with Crippen LogP contribution < -0.4 is 5.32 Å². The molecule has 0 aliphatic heterocycles. The quantitative estimate of drug-likeness (QED) is 0.816. The highest BCUT2D eigenvalue weighted by molar-refractivity contribution is 7.12. The third-order valence-corrected chi connectivity index (χ3v) is 3.99. The number of ether oxygens (including phenoxy) is 1. The Morgan fingerprint density at radius 2 is 2.28 bits per heavy atom. The molecule has 5 heteroatoms. The Balaban J connectivity index is 2.02. The molecule has 0 aromatic carbocycles. The average molecular weight is 265 g/mol. The van der Waals surface area contributed by atoms with E-state index in [0.717, 1.165) is 19.0 Å². The molecule has 0 aliphatic rings. The zero-order valence-corrected chi connectivity index (χ0v) is 11.9. The van der Waals surface area contributed by atoms with Crippen LogP contribution in [0.1, 0.15) is 15.3 Å². The minimum Gasteiger partial charge on any atom is -0.383 e. The first-order chi connectivity index (χ1) is 8.70. The summed E-state index contributed by atoms with van der Waals surface area (Å²) >= 11 is 1.85. The minimum absolute atomic E-state index is 0.685. The molecule has 2 aromatic rings. The summed E-state index contributed by atoms with van der Waals surface area (Å²) in [5, 5.41) is 3.27. The van der Waals surface area contributed by atoms with Crippen molar-refractivity contribution in [3.8, 4) is 0 Å². The van der Waals surface area contributed by atoms with Crippen LogP contribution in [0, 0.1) is 13.8 Å². The molecule has 0 saturated heterocycles. The highest BCUT2D eigenvalue weighted by atomic mass is 32.1. The molecular formula is C13H19N3OS. The van der Waals surface area contributed by atoms with Gasteiger partial charge in [-0.1, -0.05) is 0 Å². The maximum atomic E-state index is 5.02. The SMILES string of the molecule is COCCNc1nccn1Cc1cc(C)c(C)s1. The van der Waals surface area contributed by atoms with Crippen LogP contribution in [0.3, 0.4) is 0 Å². The molecule has 0 spiro atoms. The predicted octanol–water partition coefficient (Wildman–Crippen LogP) is 2.67. The van der Waals surface area contributed by atoms with E-state index in [1.165, 1.54) is 15.3 Å². The van der Waals surface area contributed by atoms with Crippen LogP contribution in [-0.2, 0) is 11.3 Å². The van der Waals surface area contributed by atoms with Crippen LogP contribution in [0.25, 0.3) is 0 Å². The van der Waals surface area contributed by atoms with Crippen molar-refractivity contribution in [3.63, 3.8) is 0 Å². The van der Waals surface area contributed by atoms with Gasteiger partial charge in [0, 0.05) is 35.8 Å². The summed E-state index contributed by atoms with van der Waals surface area (Å²) < 4.78 is 7.15. The van der Waals surface area contributed by atoms with E-state index in [9.17, 15) is 0 Å². The van der Waals surface area contributed by atoms with Crippen LogP contribution in [0.15, 0.2) is 18.5 Å². The predicted molar refractivity (Wildman–Crippen MR) is 75.5 cm³/mol. The topological polar surface area (TPSA) is 39.1 Å². The second kappa shape index (κ2) is 6.02. The van der Waals surface area contributed by atoms with E-state index in [4.69, 9.17) is 4.74 Å². The van der Waals surface area contributed by atoms with E-state index in [0.29, 0.717) is 6.61 Å². The van der Waals surface area contributed by atoms with E-state index in [1.807, 2.05) is 23.7 Å². The fourth-order valence-electron chi connectivity index (χ4n) is 1.76. The zero-order valence-electron chi connectivity index (χ0n) is 11.1. The highest BCUT2D eigenvalue weighted by Gasteiger charge is 2.06. The van der Waals surface area contributed by atoms with E-state index in [1.54, 1.807) is 7.11 Å². The zero-order chi connectivity index (χ0) is 13.0. The minimum atomic E-state index is 0.685. The molecule has 18 heavy (non-hydrogen) atoms. The van der Waals surface area contributed by atoms with Gasteiger partial charge < -0.3 is 14.6 Å². The molecule has 0 bridgehead atoms. The van der Waals surface area contributed by atoms with Gasteiger partial charge in [0.25, 0.3) is 0 Å². The Hall–Kier alpha value is -1.33. The largest absolute Gasteiger partial charge is 0.383 e. The Bertz CT molecular complexity index is 485. The molecule has 0 unspecified atom stereocenters. The van der Waals surface area contributed by atoms with Gasteiger partial charge in [-0.05, 0) is 25.5 Å². The lowest BCUT2D eigenvalue weighted by Crippen LogP contribution is -2.12. The van der Waals surface area contributed by atoms with E-state index in [2.05, 4.69) is 34.8 Å². The number of aromatic nitrogens is 2. The fourth-order valence-corrected chi connectivity index (χ4v) is 2.82. The molecule has 98 valence electrons. The van der Waals surface area contributed by atoms with Gasteiger partial charge in [0.15, 0.2) is 0 Å². The van der Waals surface area contributed by atoms with Crippen molar-refractivity contribution in [1.29, 1.82) is 0 Å². The standard InChI is InChI=1S/C13H19N3OS/c1-10-8-12(18-11(10)2)9-16-6-4-14-13(16)15-5-7-17-3/h4,6,8H,5,7,9H2,1-3H3,(H,14,15). The first-order valence-electron chi connectivity index (χ1n) is 6.00. The van der Waals surface area contributed by atoms with Gasteiger partial charge in [-0.25, -0.2) is 4.98 Å². The summed E-state index contributed by atoms with van der Waals surface area (Å²) in [5.41, 5.74) is 1.36. The van der Waals surface area contributed by atoms with Crippen LogP contribution >= 0.6 is 11.3 Å². The molecule has 0 atom stereocenters. The summed E-state index contributed by atoms with van der Waals surface area (Å²) in [6, 6.07) is 2.25. The second-order valence-electron chi connectivity index (χ2n) is 4.25. The van der Waals surface area contributed by atoms with E-state index in [-0.39, 0.29) is 0 Å². The number of rotatable bonds is 6. The van der Waals surface area contributed by atoms with Crippen molar-refractivity contribution in [2.45, 2.75) is 20.4 Å². The molecule has 0 saturated carbocycles. The summed E-state index contributed by atoms with van der Waals surface area (Å²) in [4.78, 5) is 7.06. The van der Waals surface area contributed by atoms with Crippen LogP contribution in [0.2, 0.25) is 0 Å². The Labute approximate surface area is 112 Å². The van der Waals surface area contributed by atoms with Crippen molar-refractivity contribution in [1.82, 2.24) is 9.55 Å². The Morgan fingerprint density at radius 1 is 1.44 bits per heavy atom. The number of thiophene rings is 1. The number of nitrogens with zero attached hydrogens (tertiary/aromatic N) is 2. The summed E-state index contributed by atoms with van der Waals surface area (Å²) in [5.74, 6) is 0.899. The van der Waals surface area contributed by atoms with Gasteiger partial charge in [-0.15, -0.1) is 11.3 Å². The van der Waals surface area contributed by atoms with Crippen molar-refractivity contribution in [3.05, 3.63) is 33.8 Å². The summed E-state index contributed by atoms with van der Waals surface area (Å²) in [6.45, 7) is 6.64. The lowest BCUT2D eigenvalue weighted by molar-refractivity contribution is 0.210. The molecule has 2 rings (SSSR count). The van der Waals surface area contributed by atoms with Crippen LogP contribution in [-0.4, -0.2) is 29.8 Å². The highest BCUT2D eigenvalue weighted by Crippen LogP contribution is 2.22. The molecule has 1 N–H and O–H groups in total. The van der Waals surface area contributed by atoms with Crippen molar-refractivity contribution in [2.24, 2.45) is 0 Å². The summed E-state index contributed by atoms with van der Waals surface area (Å²) in [7, 11) is 1.70. The number of methoxy groups -OCH3 is 1. The fraction of sp³-hybridized carbons (Fsp3) is 0.462. The third-order valence-electron chi connectivity index (χ3n) is 2.85. The number of anilines is 1. The normalized spacial score (nSPS) is 10.8. The second-order valence-corrected chi connectivity index (χ2v) is 5.59. The molecular weight excluding hydrogens is 246 g/mol. The monoisotopic (exact) mass is 265 g/mol. The number of nitrogens with one attached hydrogen (secondary N) is 1. The van der Waals surface area contributed by atoms with Gasteiger partial charge in [0.2, 0.25) is 5.95 Å². The molecule has 4 nitrogen and oxygen atoms in total. The Kier molecular flexibility index (Phi) is 4.38. The third kappa shape index (κ3) is 3.11. The van der Waals surface area contributed by atoms with Crippen molar-refractivity contribution < 1.29 is 4.74 Å². The lowest BCUT2D eigenvalue weighted by atomic mass is 10.3. The Morgan fingerprint density at radius 3 is 2.94 bits per heavy atom. The maximum absolute atomic E-state index is 5.02. The van der Waals surface area contributed by atoms with Crippen molar-refractivity contribution in [2.75, 3.05) is 25.6 Å². The molecule has 0 radical (unpaired) electrons. The van der Waals surface area contributed by atoms with E-state index >= 15 is 0 Å². The molecule has 2 heterocycles. The maximum Gasteiger partial charge on any atom is 0.203 e. The van der Waals surface area contributed by atoms with Gasteiger partial charge in [0.05, 0.1) is 13.2 Å². The van der Waals surface area contributed by atoms with Gasteiger partial charge in [-0.2, -0.15) is 0 Å². The average Bonchev–Trinajstić information content (AvgIpc) is 2.88. The van der Waals surface area contributed by atoms with Gasteiger partial charge in [-0.3, -0.25) is 0 Å². The first kappa shape index (κ1) is 13.1. The van der Waals surface area contributed by atoms with Crippen LogP contribution in [0.5, 0.6) is 0 Å². The molecule has 0 amide bonds. The summed E-state index contributed by atoms with van der Waals surface area (Å²) in [6.07, 6.45) is 3.82. The molecule has 0 aliphatic carbocycles. The smallest absolute Gasteiger partial charge is 0.203 e. The molecule has 2 aromatic heterocycles. The molecule has 0 fully saturated rings. The van der Waals surface area contributed by atoms with Gasteiger partial charge in [0.1, 0.15) is 0 Å². The first-order valence-corrected chi connectivity index (χ1v) is 6.82. The number of aryl methyl sites for hydroxylation is 2. The van der Waals surface area contributed by atoms with E-state index < -0.39 is 0 Å². The number of imidazole rings is 1. The number of hydrogen-bond acceptors (Lipinski definition) is 4. The lowest BCUT2D eigenvalue weighted by Gasteiger charge is -2.08.